The molecule has 0 fully saturated rings. The number of anilines is 2. The number of hydrogen-bond acceptors (Lipinski definition) is 3. The fourth-order valence-electron chi connectivity index (χ4n) is 1.94. The van der Waals surface area contributed by atoms with Gasteiger partial charge in [0, 0.05) is 19.2 Å². The highest BCUT2D eigenvalue weighted by atomic mass is 19.1. The molecule has 4 heteroatoms. The Morgan fingerprint density at radius 1 is 1.26 bits per heavy atom. The molecule has 0 aliphatic rings. The molecule has 96 valence electrons. The Balaban J connectivity index is 2.27. The molecule has 2 rings (SSSR count). The Bertz CT molecular complexity index is 632. The van der Waals surface area contributed by atoms with Gasteiger partial charge >= 0.3 is 0 Å². The molecule has 2 aromatic carbocycles. The summed E-state index contributed by atoms with van der Waals surface area (Å²) in [6.07, 6.45) is 0. The van der Waals surface area contributed by atoms with Crippen LogP contribution < -0.4 is 10.6 Å². The fourth-order valence-corrected chi connectivity index (χ4v) is 1.94. The van der Waals surface area contributed by atoms with E-state index in [1.807, 2.05) is 36.2 Å². The van der Waals surface area contributed by atoms with E-state index in [-0.39, 0.29) is 5.82 Å². The molecule has 19 heavy (non-hydrogen) atoms. The summed E-state index contributed by atoms with van der Waals surface area (Å²) < 4.78 is 13.7. The number of nitrogen functional groups attached to an aromatic ring is 1. The largest absolute Gasteiger partial charge is 0.397 e. The number of halogens is 1. The monoisotopic (exact) mass is 255 g/mol. The van der Waals surface area contributed by atoms with Gasteiger partial charge in [-0.25, -0.2) is 4.39 Å². The first kappa shape index (κ1) is 12.9. The zero-order valence-corrected chi connectivity index (χ0v) is 10.6. The maximum Gasteiger partial charge on any atom is 0.128 e. The van der Waals surface area contributed by atoms with Crippen LogP contribution in [0.4, 0.5) is 15.8 Å². The van der Waals surface area contributed by atoms with Gasteiger partial charge in [0.05, 0.1) is 23.0 Å². The molecular formula is C15H14FN3. The van der Waals surface area contributed by atoms with E-state index < -0.39 is 0 Å². The van der Waals surface area contributed by atoms with Gasteiger partial charge in [0.15, 0.2) is 0 Å². The van der Waals surface area contributed by atoms with Crippen molar-refractivity contribution in [1.29, 1.82) is 5.26 Å². The van der Waals surface area contributed by atoms with Gasteiger partial charge in [0.25, 0.3) is 0 Å². The van der Waals surface area contributed by atoms with Gasteiger partial charge < -0.3 is 10.6 Å². The molecule has 0 unspecified atom stereocenters. The third kappa shape index (κ3) is 2.83. The van der Waals surface area contributed by atoms with Crippen LogP contribution in [-0.2, 0) is 6.54 Å². The molecule has 0 radical (unpaired) electrons. The van der Waals surface area contributed by atoms with E-state index in [4.69, 9.17) is 11.0 Å². The van der Waals surface area contributed by atoms with Crippen molar-refractivity contribution in [3.8, 4) is 6.07 Å². The van der Waals surface area contributed by atoms with Crippen molar-refractivity contribution in [1.82, 2.24) is 0 Å². The number of hydrogen-bond donors (Lipinski definition) is 1. The van der Waals surface area contributed by atoms with Crippen LogP contribution in [0.25, 0.3) is 0 Å². The normalized spacial score (nSPS) is 9.95. The van der Waals surface area contributed by atoms with Crippen molar-refractivity contribution in [2.45, 2.75) is 6.54 Å². The number of nitrogens with two attached hydrogens (primary N) is 1. The maximum absolute atomic E-state index is 13.7. The highest BCUT2D eigenvalue weighted by molar-refractivity contribution is 5.67. The van der Waals surface area contributed by atoms with Gasteiger partial charge in [-0.1, -0.05) is 12.1 Å². The first-order valence-corrected chi connectivity index (χ1v) is 5.86. The summed E-state index contributed by atoms with van der Waals surface area (Å²) in [6.45, 7) is 0.357. The number of benzene rings is 2. The van der Waals surface area contributed by atoms with Crippen LogP contribution in [0.5, 0.6) is 0 Å². The second kappa shape index (κ2) is 5.40. The summed E-state index contributed by atoms with van der Waals surface area (Å²) in [4.78, 5) is 1.86. The average Bonchev–Trinajstić information content (AvgIpc) is 2.41. The second-order valence-corrected chi connectivity index (χ2v) is 4.33. The minimum absolute atomic E-state index is 0.319. The van der Waals surface area contributed by atoms with Gasteiger partial charge in [-0.2, -0.15) is 5.26 Å². The quantitative estimate of drug-likeness (QED) is 0.858. The zero-order valence-electron chi connectivity index (χ0n) is 10.6. The third-order valence-electron chi connectivity index (χ3n) is 2.93. The highest BCUT2D eigenvalue weighted by Crippen LogP contribution is 2.23. The number of rotatable bonds is 3. The SMILES string of the molecule is CN(Cc1cc(C#N)ccc1F)c1ccccc1N. The smallest absolute Gasteiger partial charge is 0.128 e. The molecule has 0 saturated carbocycles. The van der Waals surface area contributed by atoms with Gasteiger partial charge in [0.1, 0.15) is 5.82 Å². The zero-order chi connectivity index (χ0) is 13.8. The minimum atomic E-state index is -0.319. The molecule has 0 aromatic heterocycles. The maximum atomic E-state index is 13.7. The van der Waals surface area contributed by atoms with Crippen molar-refractivity contribution >= 4 is 11.4 Å². The lowest BCUT2D eigenvalue weighted by Crippen LogP contribution is -2.18. The van der Waals surface area contributed by atoms with Crippen molar-refractivity contribution in [2.75, 3.05) is 17.7 Å². The highest BCUT2D eigenvalue weighted by Gasteiger charge is 2.09. The molecule has 0 aliphatic carbocycles. The summed E-state index contributed by atoms with van der Waals surface area (Å²) in [5.41, 5.74) is 8.29. The van der Waals surface area contributed by atoms with E-state index >= 15 is 0 Å². The molecule has 0 bridgehead atoms. The van der Waals surface area contributed by atoms with Gasteiger partial charge in [-0.3, -0.25) is 0 Å². The predicted molar refractivity (Wildman–Crippen MR) is 74.1 cm³/mol. The second-order valence-electron chi connectivity index (χ2n) is 4.33. The lowest BCUT2D eigenvalue weighted by atomic mass is 10.1. The van der Waals surface area contributed by atoms with E-state index in [0.29, 0.717) is 23.4 Å². The van der Waals surface area contributed by atoms with Gasteiger partial charge in [-0.05, 0) is 30.3 Å². The number of nitrogens with zero attached hydrogens (tertiary/aromatic N) is 2. The standard InChI is InChI=1S/C15H14FN3/c1-19(15-5-3-2-4-14(15)18)10-12-8-11(9-17)6-7-13(12)16/h2-8H,10,18H2,1H3. The van der Waals surface area contributed by atoms with E-state index in [1.165, 1.54) is 12.1 Å². The lowest BCUT2D eigenvalue weighted by molar-refractivity contribution is 0.607. The Labute approximate surface area is 111 Å². The Kier molecular flexibility index (Phi) is 3.67. The van der Waals surface area contributed by atoms with Crippen LogP contribution in [0.15, 0.2) is 42.5 Å². The van der Waals surface area contributed by atoms with Crippen molar-refractivity contribution in [3.63, 3.8) is 0 Å². The molecule has 0 aliphatic heterocycles. The van der Waals surface area contributed by atoms with Crippen LogP contribution in [0.2, 0.25) is 0 Å². The summed E-state index contributed by atoms with van der Waals surface area (Å²) in [7, 11) is 1.84. The minimum Gasteiger partial charge on any atom is -0.397 e. The van der Waals surface area contributed by atoms with E-state index in [2.05, 4.69) is 0 Å². The molecule has 0 heterocycles. The third-order valence-corrected chi connectivity index (χ3v) is 2.93. The van der Waals surface area contributed by atoms with Crippen LogP contribution in [0, 0.1) is 17.1 Å². The van der Waals surface area contributed by atoms with Gasteiger partial charge in [-0.15, -0.1) is 0 Å². The number of nitriles is 1. The fraction of sp³-hybridized carbons (Fsp3) is 0.133. The summed E-state index contributed by atoms with van der Waals surface area (Å²) in [6, 6.07) is 13.8. The van der Waals surface area contributed by atoms with Crippen LogP contribution in [-0.4, -0.2) is 7.05 Å². The van der Waals surface area contributed by atoms with Gasteiger partial charge in [0.2, 0.25) is 0 Å². The first-order chi connectivity index (χ1) is 9.11. The summed E-state index contributed by atoms with van der Waals surface area (Å²) >= 11 is 0. The molecule has 3 nitrogen and oxygen atoms in total. The molecule has 0 saturated heterocycles. The first-order valence-electron chi connectivity index (χ1n) is 5.86. The van der Waals surface area contributed by atoms with E-state index in [0.717, 1.165) is 5.69 Å². The van der Waals surface area contributed by atoms with E-state index in [1.54, 1.807) is 12.1 Å². The summed E-state index contributed by atoms with van der Waals surface area (Å²) in [5, 5.41) is 8.84. The lowest BCUT2D eigenvalue weighted by Gasteiger charge is -2.21. The molecular weight excluding hydrogens is 241 g/mol. The molecule has 0 spiro atoms. The van der Waals surface area contributed by atoms with Crippen LogP contribution >= 0.6 is 0 Å². The van der Waals surface area contributed by atoms with E-state index in [9.17, 15) is 4.39 Å². The molecule has 2 N–H and O–H groups in total. The molecule has 0 atom stereocenters. The van der Waals surface area contributed by atoms with Crippen molar-refractivity contribution in [2.24, 2.45) is 0 Å². The van der Waals surface area contributed by atoms with Crippen molar-refractivity contribution < 1.29 is 4.39 Å². The Morgan fingerprint density at radius 2 is 2.00 bits per heavy atom. The number of para-hydroxylation sites is 2. The van der Waals surface area contributed by atoms with Crippen LogP contribution in [0.3, 0.4) is 0 Å². The molecule has 0 amide bonds. The topological polar surface area (TPSA) is 53.0 Å². The predicted octanol–water partition coefficient (Wildman–Crippen LogP) is 2.92. The Hall–Kier alpha value is -2.54. The average molecular weight is 255 g/mol. The molecule has 2 aromatic rings. The summed E-state index contributed by atoms with van der Waals surface area (Å²) in [5.74, 6) is -0.319. The Morgan fingerprint density at radius 3 is 2.68 bits per heavy atom. The van der Waals surface area contributed by atoms with Crippen molar-refractivity contribution in [3.05, 3.63) is 59.4 Å². The van der Waals surface area contributed by atoms with Crippen LogP contribution in [0.1, 0.15) is 11.1 Å².